The van der Waals surface area contributed by atoms with Crippen LogP contribution in [0.4, 0.5) is 0 Å². The van der Waals surface area contributed by atoms with Crippen molar-refractivity contribution in [1.82, 2.24) is 10.2 Å². The molecule has 2 amide bonds. The van der Waals surface area contributed by atoms with Crippen molar-refractivity contribution in [3.05, 3.63) is 102 Å². The van der Waals surface area contributed by atoms with Crippen LogP contribution in [0.3, 0.4) is 0 Å². The quantitative estimate of drug-likeness (QED) is 0.490. The average molecular weight is 445 g/mol. The van der Waals surface area contributed by atoms with Gasteiger partial charge in [-0.25, -0.2) is 0 Å². The van der Waals surface area contributed by atoms with Crippen LogP contribution in [0.1, 0.15) is 42.9 Å². The van der Waals surface area contributed by atoms with Gasteiger partial charge in [0.05, 0.1) is 7.11 Å². The fourth-order valence-corrected chi connectivity index (χ4v) is 3.96. The second-order valence-electron chi connectivity index (χ2n) is 8.02. The van der Waals surface area contributed by atoms with Crippen LogP contribution in [0.25, 0.3) is 0 Å². The summed E-state index contributed by atoms with van der Waals surface area (Å²) in [5.41, 5.74) is 3.06. The fourth-order valence-electron chi connectivity index (χ4n) is 3.96. The van der Waals surface area contributed by atoms with Gasteiger partial charge in [0.1, 0.15) is 11.8 Å². The zero-order chi connectivity index (χ0) is 23.6. The summed E-state index contributed by atoms with van der Waals surface area (Å²) in [7, 11) is 1.61. The van der Waals surface area contributed by atoms with E-state index in [0.29, 0.717) is 13.1 Å². The number of nitrogens with one attached hydrogen (secondary N) is 1. The molecule has 0 bridgehead atoms. The molecule has 0 saturated carbocycles. The summed E-state index contributed by atoms with van der Waals surface area (Å²) in [6.45, 7) is 4.49. The third-order valence-electron chi connectivity index (χ3n) is 5.79. The lowest BCUT2D eigenvalue weighted by Gasteiger charge is -2.30. The number of nitrogens with zero attached hydrogens (tertiary/aromatic N) is 1. The maximum Gasteiger partial charge on any atom is 0.242 e. The van der Waals surface area contributed by atoms with Crippen molar-refractivity contribution < 1.29 is 14.3 Å². The standard InChI is InChI=1S/C28H32N2O3/c1-4-29-28(32)21(2)30(20-22-12-11-17-25(18-22)33-3)27(31)19-26(23-13-7-5-8-14-23)24-15-9-6-10-16-24/h5-18,21,26H,4,19-20H2,1-3H3,(H,29,32)/t21-/m0/s1. The van der Waals surface area contributed by atoms with Crippen molar-refractivity contribution in [2.75, 3.05) is 13.7 Å². The van der Waals surface area contributed by atoms with E-state index in [9.17, 15) is 9.59 Å². The van der Waals surface area contributed by atoms with Crippen LogP contribution in [0.15, 0.2) is 84.9 Å². The highest BCUT2D eigenvalue weighted by molar-refractivity contribution is 5.87. The van der Waals surface area contributed by atoms with Crippen LogP contribution in [0, 0.1) is 0 Å². The first-order valence-corrected chi connectivity index (χ1v) is 11.3. The molecule has 3 rings (SSSR count). The number of likely N-dealkylation sites (N-methyl/N-ethyl adjacent to an activating group) is 1. The molecule has 3 aromatic rings. The lowest BCUT2D eigenvalue weighted by Crippen LogP contribution is -2.47. The van der Waals surface area contributed by atoms with Crippen LogP contribution in [0.2, 0.25) is 0 Å². The molecule has 1 N–H and O–H groups in total. The largest absolute Gasteiger partial charge is 0.497 e. The van der Waals surface area contributed by atoms with Gasteiger partial charge in [0.15, 0.2) is 0 Å². The molecular formula is C28H32N2O3. The third kappa shape index (κ3) is 6.45. The molecule has 0 fully saturated rings. The number of carbonyl (C=O) groups excluding carboxylic acids is 2. The Labute approximate surface area is 196 Å². The molecule has 0 unspecified atom stereocenters. The molecule has 5 nitrogen and oxygen atoms in total. The van der Waals surface area contributed by atoms with E-state index in [1.165, 1.54) is 0 Å². The summed E-state index contributed by atoms with van der Waals surface area (Å²) >= 11 is 0. The molecule has 5 heteroatoms. The van der Waals surface area contributed by atoms with Crippen LogP contribution in [-0.4, -0.2) is 36.4 Å². The van der Waals surface area contributed by atoms with Crippen LogP contribution in [0.5, 0.6) is 5.75 Å². The Morgan fingerprint density at radius 3 is 2.06 bits per heavy atom. The van der Waals surface area contributed by atoms with Crippen LogP contribution < -0.4 is 10.1 Å². The van der Waals surface area contributed by atoms with Gasteiger partial charge in [-0.15, -0.1) is 0 Å². The van der Waals surface area contributed by atoms with Crippen molar-refractivity contribution >= 4 is 11.8 Å². The van der Waals surface area contributed by atoms with Gasteiger partial charge in [-0.05, 0) is 42.7 Å². The Balaban J connectivity index is 1.92. The Morgan fingerprint density at radius 1 is 0.909 bits per heavy atom. The second kappa shape index (κ2) is 11.9. The van der Waals surface area contributed by atoms with Gasteiger partial charge in [-0.2, -0.15) is 0 Å². The molecule has 33 heavy (non-hydrogen) atoms. The van der Waals surface area contributed by atoms with Crippen molar-refractivity contribution in [3.8, 4) is 5.75 Å². The second-order valence-corrected chi connectivity index (χ2v) is 8.02. The summed E-state index contributed by atoms with van der Waals surface area (Å²) in [6, 6.07) is 27.1. The minimum atomic E-state index is -0.601. The van der Waals surface area contributed by atoms with Gasteiger partial charge in [0.25, 0.3) is 0 Å². The monoisotopic (exact) mass is 444 g/mol. The Hall–Kier alpha value is -3.60. The van der Waals surface area contributed by atoms with Gasteiger partial charge < -0.3 is 15.0 Å². The van der Waals surface area contributed by atoms with E-state index < -0.39 is 6.04 Å². The number of ether oxygens (including phenoxy) is 1. The zero-order valence-electron chi connectivity index (χ0n) is 19.5. The maximum atomic E-state index is 13.7. The summed E-state index contributed by atoms with van der Waals surface area (Å²) < 4.78 is 5.34. The van der Waals surface area contributed by atoms with Gasteiger partial charge in [-0.3, -0.25) is 9.59 Å². The molecule has 0 aromatic heterocycles. The first-order valence-electron chi connectivity index (χ1n) is 11.3. The van der Waals surface area contributed by atoms with E-state index in [2.05, 4.69) is 5.32 Å². The van der Waals surface area contributed by atoms with Crippen LogP contribution in [-0.2, 0) is 16.1 Å². The van der Waals surface area contributed by atoms with E-state index in [-0.39, 0.29) is 24.2 Å². The topological polar surface area (TPSA) is 58.6 Å². The van der Waals surface area contributed by atoms with E-state index >= 15 is 0 Å². The average Bonchev–Trinajstić information content (AvgIpc) is 2.86. The lowest BCUT2D eigenvalue weighted by molar-refractivity contribution is -0.140. The first kappa shape index (κ1) is 24.1. The smallest absolute Gasteiger partial charge is 0.242 e. The molecular weight excluding hydrogens is 412 g/mol. The molecule has 172 valence electrons. The van der Waals surface area contributed by atoms with Crippen molar-refractivity contribution in [2.24, 2.45) is 0 Å². The number of benzene rings is 3. The van der Waals surface area contributed by atoms with Gasteiger partial charge >= 0.3 is 0 Å². The predicted molar refractivity (Wildman–Crippen MR) is 131 cm³/mol. The molecule has 0 aliphatic carbocycles. The van der Waals surface area contributed by atoms with Crippen LogP contribution >= 0.6 is 0 Å². The lowest BCUT2D eigenvalue weighted by atomic mass is 9.88. The minimum Gasteiger partial charge on any atom is -0.497 e. The summed E-state index contributed by atoms with van der Waals surface area (Å²) in [6.07, 6.45) is 0.266. The van der Waals surface area contributed by atoms with E-state index in [4.69, 9.17) is 4.74 Å². The molecule has 3 aromatic carbocycles. The number of carbonyl (C=O) groups is 2. The number of rotatable bonds is 10. The normalized spacial score (nSPS) is 11.6. The molecule has 0 heterocycles. The van der Waals surface area contributed by atoms with Gasteiger partial charge in [0.2, 0.25) is 11.8 Å². The minimum absolute atomic E-state index is 0.0747. The van der Waals surface area contributed by atoms with Crippen molar-refractivity contribution in [1.29, 1.82) is 0 Å². The summed E-state index contributed by atoms with van der Waals surface area (Å²) in [4.78, 5) is 28.1. The fraction of sp³-hybridized carbons (Fsp3) is 0.286. The zero-order valence-corrected chi connectivity index (χ0v) is 19.5. The third-order valence-corrected chi connectivity index (χ3v) is 5.79. The van der Waals surface area contributed by atoms with E-state index in [0.717, 1.165) is 22.4 Å². The number of hydrogen-bond acceptors (Lipinski definition) is 3. The highest BCUT2D eigenvalue weighted by Crippen LogP contribution is 2.29. The predicted octanol–water partition coefficient (Wildman–Crippen LogP) is 4.77. The SMILES string of the molecule is CCNC(=O)[C@H](C)N(Cc1cccc(OC)c1)C(=O)CC(c1ccccc1)c1ccccc1. The first-order chi connectivity index (χ1) is 16.0. The molecule has 0 saturated heterocycles. The molecule has 1 atom stereocenters. The molecule has 0 radical (unpaired) electrons. The van der Waals surface area contributed by atoms with E-state index in [1.54, 1.807) is 18.9 Å². The van der Waals surface area contributed by atoms with Gasteiger partial charge in [0, 0.05) is 25.4 Å². The van der Waals surface area contributed by atoms with Gasteiger partial charge in [-0.1, -0.05) is 72.8 Å². The highest BCUT2D eigenvalue weighted by Gasteiger charge is 2.28. The summed E-state index contributed by atoms with van der Waals surface area (Å²) in [5, 5.41) is 2.85. The molecule has 0 aliphatic heterocycles. The van der Waals surface area contributed by atoms with Crippen molar-refractivity contribution in [3.63, 3.8) is 0 Å². The Bertz CT molecular complexity index is 998. The Kier molecular flexibility index (Phi) is 8.64. The number of amides is 2. The molecule has 0 aliphatic rings. The number of hydrogen-bond donors (Lipinski definition) is 1. The van der Waals surface area contributed by atoms with E-state index in [1.807, 2.05) is 91.9 Å². The van der Waals surface area contributed by atoms with Crippen molar-refractivity contribution in [2.45, 2.75) is 38.8 Å². The highest BCUT2D eigenvalue weighted by atomic mass is 16.5. The maximum absolute atomic E-state index is 13.7. The number of methoxy groups -OCH3 is 1. The summed E-state index contributed by atoms with van der Waals surface area (Å²) in [5.74, 6) is 0.380. The Morgan fingerprint density at radius 2 is 1.52 bits per heavy atom. The molecule has 0 spiro atoms.